The molecule has 3 rings (SSSR count). The average molecular weight is 160 g/mol. The Balaban J connectivity index is 2.23. The monoisotopic (exact) mass is 160 g/mol. The first-order valence-corrected chi connectivity index (χ1v) is 4.66. The maximum Gasteiger partial charge on any atom is 0.0672 e. The summed E-state index contributed by atoms with van der Waals surface area (Å²) in [6.45, 7) is 0. The van der Waals surface area contributed by atoms with E-state index in [1.54, 1.807) is 0 Å². The van der Waals surface area contributed by atoms with Crippen molar-refractivity contribution in [2.75, 3.05) is 0 Å². The summed E-state index contributed by atoms with van der Waals surface area (Å²) in [5, 5.41) is 17.8. The van der Waals surface area contributed by atoms with Crippen LogP contribution < -0.4 is 0 Å². The van der Waals surface area contributed by atoms with Crippen molar-refractivity contribution in [1.29, 1.82) is 10.5 Å². The molecule has 0 N–H and O–H groups in total. The van der Waals surface area contributed by atoms with Gasteiger partial charge in [-0.15, -0.1) is 0 Å². The van der Waals surface area contributed by atoms with E-state index in [4.69, 9.17) is 10.5 Å². The maximum atomic E-state index is 8.91. The molecule has 3 saturated carbocycles. The summed E-state index contributed by atoms with van der Waals surface area (Å²) in [6.07, 6.45) is 4.73. The lowest BCUT2D eigenvalue weighted by Gasteiger charge is -2.42. The number of hydrogen-bond acceptors (Lipinski definition) is 2. The maximum absolute atomic E-state index is 8.91. The second-order valence-corrected chi connectivity index (χ2v) is 3.98. The van der Waals surface area contributed by atoms with Crippen LogP contribution in [0.25, 0.3) is 0 Å². The molecule has 3 aliphatic carbocycles. The van der Waals surface area contributed by atoms with Gasteiger partial charge in [-0.3, -0.25) is 0 Å². The van der Waals surface area contributed by atoms with Crippen LogP contribution in [0.4, 0.5) is 0 Å². The first-order chi connectivity index (χ1) is 5.86. The van der Waals surface area contributed by atoms with E-state index in [9.17, 15) is 0 Å². The molecular formula is C10H12N2. The van der Waals surface area contributed by atoms with Crippen LogP contribution >= 0.6 is 0 Å². The van der Waals surface area contributed by atoms with Gasteiger partial charge in [0.15, 0.2) is 0 Å². The van der Waals surface area contributed by atoms with Gasteiger partial charge in [0.2, 0.25) is 0 Å². The van der Waals surface area contributed by atoms with Gasteiger partial charge in [0.25, 0.3) is 0 Å². The normalized spacial score (nSPS) is 44.8. The van der Waals surface area contributed by atoms with Crippen molar-refractivity contribution >= 4 is 0 Å². The first kappa shape index (κ1) is 7.62. The van der Waals surface area contributed by atoms with Crippen molar-refractivity contribution in [3.8, 4) is 12.1 Å². The van der Waals surface area contributed by atoms with E-state index in [-0.39, 0.29) is 11.8 Å². The van der Waals surface area contributed by atoms with Gasteiger partial charge in [-0.25, -0.2) is 0 Å². The summed E-state index contributed by atoms with van der Waals surface area (Å²) < 4.78 is 0. The van der Waals surface area contributed by atoms with Crippen LogP contribution in [0.3, 0.4) is 0 Å². The highest BCUT2D eigenvalue weighted by Crippen LogP contribution is 2.48. The quantitative estimate of drug-likeness (QED) is 0.544. The lowest BCUT2D eigenvalue weighted by molar-refractivity contribution is 0.0875. The predicted octanol–water partition coefficient (Wildman–Crippen LogP) is 2.09. The molecule has 62 valence electrons. The highest BCUT2D eigenvalue weighted by atomic mass is 14.5. The fraction of sp³-hybridized carbons (Fsp3) is 0.800. The second kappa shape index (κ2) is 2.79. The minimum atomic E-state index is 0.0440. The molecule has 0 heterocycles. The zero-order valence-electron chi connectivity index (χ0n) is 7.03. The van der Waals surface area contributed by atoms with E-state index in [0.29, 0.717) is 11.8 Å². The van der Waals surface area contributed by atoms with Crippen molar-refractivity contribution in [2.45, 2.75) is 25.7 Å². The van der Waals surface area contributed by atoms with Crippen LogP contribution in [0.2, 0.25) is 0 Å². The highest BCUT2D eigenvalue weighted by molar-refractivity contribution is 5.08. The van der Waals surface area contributed by atoms with Gasteiger partial charge in [-0.05, 0) is 37.5 Å². The second-order valence-electron chi connectivity index (χ2n) is 3.98. The van der Waals surface area contributed by atoms with Gasteiger partial charge >= 0.3 is 0 Å². The summed E-state index contributed by atoms with van der Waals surface area (Å²) in [5.74, 6) is 1.15. The van der Waals surface area contributed by atoms with Crippen LogP contribution in [0.15, 0.2) is 0 Å². The van der Waals surface area contributed by atoms with Crippen LogP contribution in [0, 0.1) is 46.3 Å². The van der Waals surface area contributed by atoms with E-state index in [1.807, 2.05) is 0 Å². The minimum absolute atomic E-state index is 0.0440. The van der Waals surface area contributed by atoms with Gasteiger partial charge in [0.1, 0.15) is 0 Å². The van der Waals surface area contributed by atoms with E-state index < -0.39 is 0 Å². The van der Waals surface area contributed by atoms with Gasteiger partial charge in [-0.1, -0.05) is 0 Å². The van der Waals surface area contributed by atoms with E-state index in [1.165, 1.54) is 25.7 Å². The van der Waals surface area contributed by atoms with Gasteiger partial charge in [0.05, 0.1) is 24.0 Å². The molecule has 0 aromatic carbocycles. The third-order valence-corrected chi connectivity index (χ3v) is 3.52. The first-order valence-electron chi connectivity index (χ1n) is 4.66. The third-order valence-electron chi connectivity index (χ3n) is 3.52. The Morgan fingerprint density at radius 1 is 0.750 bits per heavy atom. The summed E-state index contributed by atoms with van der Waals surface area (Å²) in [5.41, 5.74) is 0. The van der Waals surface area contributed by atoms with Crippen LogP contribution in [-0.2, 0) is 0 Å². The fourth-order valence-corrected chi connectivity index (χ4v) is 2.82. The molecular weight excluding hydrogens is 148 g/mol. The molecule has 2 bridgehead atoms. The number of hydrogen-bond donors (Lipinski definition) is 0. The van der Waals surface area contributed by atoms with Crippen molar-refractivity contribution in [3.63, 3.8) is 0 Å². The Morgan fingerprint density at radius 2 is 1.08 bits per heavy atom. The molecule has 3 aliphatic rings. The molecule has 0 unspecified atom stereocenters. The van der Waals surface area contributed by atoms with Crippen LogP contribution in [0.1, 0.15) is 25.7 Å². The molecule has 0 radical (unpaired) electrons. The summed E-state index contributed by atoms with van der Waals surface area (Å²) >= 11 is 0. The Bertz CT molecular complexity index is 222. The predicted molar refractivity (Wildman–Crippen MR) is 43.7 cm³/mol. The SMILES string of the molecule is N#C[C@H]1C2CCC(CC2)[C@@H]1C#N. The Hall–Kier alpha value is -1.02. The number of nitrogens with zero attached hydrogens (tertiary/aromatic N) is 2. The third kappa shape index (κ3) is 0.916. The standard InChI is InChI=1S/C10H12N2/c11-5-9-7-1-2-8(4-3-7)10(9)6-12/h7-10H,1-4H2/t7?,8?,9-,10-/m0/s1. The Morgan fingerprint density at radius 3 is 1.33 bits per heavy atom. The molecule has 2 nitrogen and oxygen atoms in total. The zero-order chi connectivity index (χ0) is 8.55. The molecule has 0 aromatic rings. The van der Waals surface area contributed by atoms with Gasteiger partial charge < -0.3 is 0 Å². The van der Waals surface area contributed by atoms with Crippen molar-refractivity contribution in [1.82, 2.24) is 0 Å². The number of fused-ring (bicyclic) bond motifs is 3. The summed E-state index contributed by atoms with van der Waals surface area (Å²) in [6, 6.07) is 4.63. The molecule has 0 aliphatic heterocycles. The summed E-state index contributed by atoms with van der Waals surface area (Å²) in [7, 11) is 0. The highest BCUT2D eigenvalue weighted by Gasteiger charge is 2.43. The Kier molecular flexibility index (Phi) is 1.77. The molecule has 12 heavy (non-hydrogen) atoms. The average Bonchev–Trinajstić information content (AvgIpc) is 2.18. The largest absolute Gasteiger partial charge is 0.198 e. The molecule has 0 amide bonds. The van der Waals surface area contributed by atoms with Crippen LogP contribution in [0.5, 0.6) is 0 Å². The lowest BCUT2D eigenvalue weighted by Crippen LogP contribution is -2.38. The lowest BCUT2D eigenvalue weighted by atomic mass is 9.59. The molecule has 3 fully saturated rings. The fourth-order valence-electron chi connectivity index (χ4n) is 2.82. The number of rotatable bonds is 0. The molecule has 0 spiro atoms. The molecule has 0 saturated heterocycles. The minimum Gasteiger partial charge on any atom is -0.198 e. The van der Waals surface area contributed by atoms with Crippen molar-refractivity contribution in [3.05, 3.63) is 0 Å². The number of nitriles is 2. The summed E-state index contributed by atoms with van der Waals surface area (Å²) in [4.78, 5) is 0. The smallest absolute Gasteiger partial charge is 0.0672 e. The zero-order valence-corrected chi connectivity index (χ0v) is 7.03. The Labute approximate surface area is 72.8 Å². The van der Waals surface area contributed by atoms with Crippen molar-refractivity contribution < 1.29 is 0 Å². The van der Waals surface area contributed by atoms with Gasteiger partial charge in [0, 0.05) is 0 Å². The van der Waals surface area contributed by atoms with Gasteiger partial charge in [-0.2, -0.15) is 10.5 Å². The van der Waals surface area contributed by atoms with E-state index in [0.717, 1.165) is 0 Å². The van der Waals surface area contributed by atoms with Crippen LogP contribution in [-0.4, -0.2) is 0 Å². The van der Waals surface area contributed by atoms with E-state index in [2.05, 4.69) is 12.1 Å². The molecule has 0 aromatic heterocycles. The molecule has 2 atom stereocenters. The van der Waals surface area contributed by atoms with E-state index >= 15 is 0 Å². The topological polar surface area (TPSA) is 47.6 Å². The van der Waals surface area contributed by atoms with Crippen molar-refractivity contribution in [2.24, 2.45) is 23.7 Å². The molecule has 2 heteroatoms.